The van der Waals surface area contributed by atoms with Crippen LogP contribution in [-0.4, -0.2) is 17.5 Å². The molecule has 0 radical (unpaired) electrons. The highest BCUT2D eigenvalue weighted by atomic mass is 19.1. The van der Waals surface area contributed by atoms with Gasteiger partial charge >= 0.3 is 6.09 Å². The van der Waals surface area contributed by atoms with Crippen molar-refractivity contribution in [2.75, 3.05) is 6.54 Å². The molecule has 0 aromatic heterocycles. The van der Waals surface area contributed by atoms with Crippen molar-refractivity contribution < 1.29 is 13.9 Å². The highest BCUT2D eigenvalue weighted by Crippen LogP contribution is 2.20. The first-order valence-electron chi connectivity index (χ1n) is 6.51. The number of hydrogen-bond donors (Lipinski definition) is 0. The first kappa shape index (κ1) is 12.7. The largest absolute Gasteiger partial charge is 0.415 e. The van der Waals surface area contributed by atoms with Crippen LogP contribution < -0.4 is 4.74 Å². The van der Waals surface area contributed by atoms with Crippen LogP contribution in [0.15, 0.2) is 48.5 Å². The molecular weight excluding hydrogens is 257 g/mol. The molecule has 0 saturated heterocycles. The van der Waals surface area contributed by atoms with Gasteiger partial charge in [0.1, 0.15) is 11.6 Å². The van der Waals surface area contributed by atoms with Crippen molar-refractivity contribution in [3.63, 3.8) is 0 Å². The zero-order chi connectivity index (χ0) is 13.9. The van der Waals surface area contributed by atoms with Gasteiger partial charge in [-0.1, -0.05) is 24.3 Å². The van der Waals surface area contributed by atoms with E-state index in [1.807, 2.05) is 18.2 Å². The summed E-state index contributed by atoms with van der Waals surface area (Å²) in [5.41, 5.74) is 2.42. The zero-order valence-electron chi connectivity index (χ0n) is 10.9. The SMILES string of the molecule is O=C(Oc1ccc(F)cc1)N1CCc2ccccc2C1. The molecule has 2 aromatic carbocycles. The molecule has 0 saturated carbocycles. The third-order valence-electron chi connectivity index (χ3n) is 3.41. The smallest absolute Gasteiger partial charge is 0.410 e. The lowest BCUT2D eigenvalue weighted by Gasteiger charge is -2.27. The van der Waals surface area contributed by atoms with Crippen LogP contribution in [0, 0.1) is 5.82 Å². The Labute approximate surface area is 116 Å². The number of halogens is 1. The van der Waals surface area contributed by atoms with Crippen LogP contribution in [0.1, 0.15) is 11.1 Å². The highest BCUT2D eigenvalue weighted by molar-refractivity contribution is 5.71. The molecule has 1 aliphatic rings. The summed E-state index contributed by atoms with van der Waals surface area (Å²) in [5, 5.41) is 0. The number of nitrogens with zero attached hydrogens (tertiary/aromatic N) is 1. The lowest BCUT2D eigenvalue weighted by Crippen LogP contribution is -2.37. The number of rotatable bonds is 1. The van der Waals surface area contributed by atoms with Gasteiger partial charge in [0.2, 0.25) is 0 Å². The van der Waals surface area contributed by atoms with Crippen molar-refractivity contribution in [2.45, 2.75) is 13.0 Å². The van der Waals surface area contributed by atoms with E-state index in [0.29, 0.717) is 18.8 Å². The van der Waals surface area contributed by atoms with Crippen molar-refractivity contribution in [2.24, 2.45) is 0 Å². The molecule has 20 heavy (non-hydrogen) atoms. The number of carbonyl (C=O) groups is 1. The van der Waals surface area contributed by atoms with Crippen molar-refractivity contribution >= 4 is 6.09 Å². The molecule has 2 aromatic rings. The summed E-state index contributed by atoms with van der Waals surface area (Å²) in [6.45, 7) is 1.19. The molecule has 4 heteroatoms. The Morgan fingerprint density at radius 2 is 1.75 bits per heavy atom. The number of benzene rings is 2. The van der Waals surface area contributed by atoms with Crippen LogP contribution in [0.5, 0.6) is 5.75 Å². The summed E-state index contributed by atoms with van der Waals surface area (Å²) in [4.78, 5) is 13.7. The van der Waals surface area contributed by atoms with E-state index in [1.54, 1.807) is 4.90 Å². The Morgan fingerprint density at radius 1 is 1.05 bits per heavy atom. The van der Waals surface area contributed by atoms with Gasteiger partial charge in [-0.3, -0.25) is 0 Å². The lowest BCUT2D eigenvalue weighted by atomic mass is 10.0. The molecule has 102 valence electrons. The summed E-state index contributed by atoms with van der Waals surface area (Å²) in [5.74, 6) is 0.00644. The van der Waals surface area contributed by atoms with Crippen molar-refractivity contribution in [1.29, 1.82) is 0 Å². The van der Waals surface area contributed by atoms with Gasteiger partial charge in [0.05, 0.1) is 0 Å². The fourth-order valence-electron chi connectivity index (χ4n) is 2.32. The summed E-state index contributed by atoms with van der Waals surface area (Å²) in [7, 11) is 0. The number of carbonyl (C=O) groups excluding carboxylic acids is 1. The van der Waals surface area contributed by atoms with Gasteiger partial charge in [-0.05, 0) is 41.8 Å². The van der Waals surface area contributed by atoms with Crippen LogP contribution >= 0.6 is 0 Å². The molecule has 3 nitrogen and oxygen atoms in total. The average molecular weight is 271 g/mol. The molecule has 0 spiro atoms. The Hall–Kier alpha value is -2.36. The molecule has 0 N–H and O–H groups in total. The quantitative estimate of drug-likeness (QED) is 0.795. The number of fused-ring (bicyclic) bond motifs is 1. The zero-order valence-corrected chi connectivity index (χ0v) is 10.9. The van der Waals surface area contributed by atoms with Gasteiger partial charge in [-0.15, -0.1) is 0 Å². The molecule has 1 heterocycles. The Balaban J connectivity index is 1.68. The van der Waals surface area contributed by atoms with Gasteiger partial charge in [0.15, 0.2) is 0 Å². The van der Waals surface area contributed by atoms with Crippen LogP contribution in [-0.2, 0) is 13.0 Å². The van der Waals surface area contributed by atoms with Gasteiger partial charge in [0, 0.05) is 13.1 Å². The predicted octanol–water partition coefficient (Wildman–Crippen LogP) is 3.38. The second-order valence-electron chi connectivity index (χ2n) is 4.76. The van der Waals surface area contributed by atoms with Gasteiger partial charge < -0.3 is 9.64 Å². The van der Waals surface area contributed by atoms with E-state index in [9.17, 15) is 9.18 Å². The van der Waals surface area contributed by atoms with E-state index < -0.39 is 6.09 Å². The van der Waals surface area contributed by atoms with E-state index in [1.165, 1.54) is 29.8 Å². The monoisotopic (exact) mass is 271 g/mol. The molecule has 1 aliphatic heterocycles. The maximum Gasteiger partial charge on any atom is 0.415 e. The Kier molecular flexibility index (Phi) is 3.37. The summed E-state index contributed by atoms with van der Waals surface area (Å²) in [6, 6.07) is 13.5. The maximum absolute atomic E-state index is 12.8. The first-order valence-corrected chi connectivity index (χ1v) is 6.51. The van der Waals surface area contributed by atoms with Crippen LogP contribution in [0.4, 0.5) is 9.18 Å². The van der Waals surface area contributed by atoms with Gasteiger partial charge in [-0.2, -0.15) is 0 Å². The minimum atomic E-state index is -0.397. The Bertz CT molecular complexity index is 625. The van der Waals surface area contributed by atoms with Gasteiger partial charge in [-0.25, -0.2) is 9.18 Å². The molecule has 0 bridgehead atoms. The normalized spacial score (nSPS) is 13.8. The second kappa shape index (κ2) is 5.33. The molecule has 0 fully saturated rings. The van der Waals surface area contributed by atoms with Crippen LogP contribution in [0.25, 0.3) is 0 Å². The van der Waals surface area contributed by atoms with E-state index in [0.717, 1.165) is 12.0 Å². The number of ether oxygens (including phenoxy) is 1. The topological polar surface area (TPSA) is 29.5 Å². The van der Waals surface area contributed by atoms with E-state index in [-0.39, 0.29) is 5.82 Å². The Morgan fingerprint density at radius 3 is 2.50 bits per heavy atom. The molecule has 0 aliphatic carbocycles. The highest BCUT2D eigenvalue weighted by Gasteiger charge is 2.21. The van der Waals surface area contributed by atoms with Crippen LogP contribution in [0.2, 0.25) is 0 Å². The van der Waals surface area contributed by atoms with Crippen molar-refractivity contribution in [3.8, 4) is 5.75 Å². The minimum absolute atomic E-state index is 0.350. The molecular formula is C16H14FNO2. The molecule has 1 amide bonds. The molecule has 3 rings (SSSR count). The van der Waals surface area contributed by atoms with Crippen molar-refractivity contribution in [1.82, 2.24) is 4.90 Å². The summed E-state index contributed by atoms with van der Waals surface area (Å²) < 4.78 is 18.0. The van der Waals surface area contributed by atoms with Crippen molar-refractivity contribution in [3.05, 3.63) is 65.5 Å². The maximum atomic E-state index is 12.8. The third-order valence-corrected chi connectivity index (χ3v) is 3.41. The predicted molar refractivity (Wildman–Crippen MR) is 73.0 cm³/mol. The first-order chi connectivity index (χ1) is 9.72. The van der Waals surface area contributed by atoms with E-state index >= 15 is 0 Å². The standard InChI is InChI=1S/C16H14FNO2/c17-14-5-7-15(8-6-14)20-16(19)18-10-9-12-3-1-2-4-13(12)11-18/h1-8H,9-11H2. The summed E-state index contributed by atoms with van der Waals surface area (Å²) >= 11 is 0. The van der Waals surface area contributed by atoms with E-state index in [4.69, 9.17) is 4.74 Å². The van der Waals surface area contributed by atoms with Gasteiger partial charge in [0.25, 0.3) is 0 Å². The number of hydrogen-bond acceptors (Lipinski definition) is 2. The van der Waals surface area contributed by atoms with Crippen LogP contribution in [0.3, 0.4) is 0 Å². The number of amides is 1. The van der Waals surface area contributed by atoms with E-state index in [2.05, 4.69) is 6.07 Å². The lowest BCUT2D eigenvalue weighted by molar-refractivity contribution is 0.147. The average Bonchev–Trinajstić information content (AvgIpc) is 2.49. The summed E-state index contributed by atoms with van der Waals surface area (Å²) in [6.07, 6.45) is 0.431. The molecule has 0 unspecified atom stereocenters. The molecule has 0 atom stereocenters. The third kappa shape index (κ3) is 2.64. The second-order valence-corrected chi connectivity index (χ2v) is 4.76. The fourth-order valence-corrected chi connectivity index (χ4v) is 2.32. The fraction of sp³-hybridized carbons (Fsp3) is 0.188. The minimum Gasteiger partial charge on any atom is -0.410 e.